The van der Waals surface area contributed by atoms with E-state index in [2.05, 4.69) is 0 Å². The average Bonchev–Trinajstić information content (AvgIpc) is 2.13. The number of benzene rings is 1. The molecule has 0 aliphatic rings. The Morgan fingerprint density at radius 3 is 1.92 bits per heavy atom. The second-order valence-electron chi connectivity index (χ2n) is 2.47. The Labute approximate surface area is 77.9 Å². The Balaban J connectivity index is 2.89. The van der Waals surface area contributed by atoms with Gasteiger partial charge in [0.2, 0.25) is 5.75 Å². The summed E-state index contributed by atoms with van der Waals surface area (Å²) in [6.07, 6.45) is 0. The second kappa shape index (κ2) is 4.60. The lowest BCUT2D eigenvalue weighted by atomic mass is 10.3. The first-order valence-electron chi connectivity index (χ1n) is 4.37. The molecule has 1 N–H and O–H groups in total. The number of hydrogen-bond donors (Lipinski definition) is 1. The summed E-state index contributed by atoms with van der Waals surface area (Å²) < 4.78 is 10.4. The number of phenolic OH excluding ortho intramolecular Hbond substituents is 1. The zero-order chi connectivity index (χ0) is 9.68. The Hall–Kier alpha value is -1.38. The minimum Gasteiger partial charge on any atom is -0.502 e. The van der Waals surface area contributed by atoms with Crippen molar-refractivity contribution in [2.45, 2.75) is 13.8 Å². The zero-order valence-electron chi connectivity index (χ0n) is 7.91. The van der Waals surface area contributed by atoms with Crippen molar-refractivity contribution in [2.24, 2.45) is 0 Å². The minimum absolute atomic E-state index is 0.0752. The Kier molecular flexibility index (Phi) is 3.43. The molecule has 0 saturated carbocycles. The van der Waals surface area contributed by atoms with E-state index in [9.17, 15) is 5.11 Å². The normalized spacial score (nSPS) is 9.69. The van der Waals surface area contributed by atoms with Gasteiger partial charge in [0.15, 0.2) is 11.5 Å². The summed E-state index contributed by atoms with van der Waals surface area (Å²) in [6, 6.07) is 5.21. The fourth-order valence-electron chi connectivity index (χ4n) is 1.05. The van der Waals surface area contributed by atoms with Gasteiger partial charge in [-0.15, -0.1) is 0 Å². The molecule has 72 valence electrons. The molecule has 0 amide bonds. The third-order valence-corrected chi connectivity index (χ3v) is 1.56. The molecule has 3 heteroatoms. The van der Waals surface area contributed by atoms with Crippen molar-refractivity contribution >= 4 is 0 Å². The smallest absolute Gasteiger partial charge is 0.200 e. The maximum absolute atomic E-state index is 9.60. The van der Waals surface area contributed by atoms with Crippen molar-refractivity contribution in [3.8, 4) is 17.2 Å². The van der Waals surface area contributed by atoms with Gasteiger partial charge >= 0.3 is 0 Å². The van der Waals surface area contributed by atoms with E-state index in [0.29, 0.717) is 24.7 Å². The molecular formula is C10H14O3. The summed E-state index contributed by atoms with van der Waals surface area (Å²) in [5, 5.41) is 9.60. The second-order valence-corrected chi connectivity index (χ2v) is 2.47. The summed E-state index contributed by atoms with van der Waals surface area (Å²) in [6.45, 7) is 4.80. The van der Waals surface area contributed by atoms with Crippen molar-refractivity contribution in [3.63, 3.8) is 0 Å². The maximum atomic E-state index is 9.60. The molecule has 1 rings (SSSR count). The van der Waals surface area contributed by atoms with Crippen molar-refractivity contribution in [1.29, 1.82) is 0 Å². The highest BCUT2D eigenvalue weighted by Crippen LogP contribution is 2.35. The van der Waals surface area contributed by atoms with Crippen LogP contribution in [0.1, 0.15) is 13.8 Å². The topological polar surface area (TPSA) is 38.7 Å². The van der Waals surface area contributed by atoms with E-state index < -0.39 is 0 Å². The highest BCUT2D eigenvalue weighted by atomic mass is 16.5. The molecule has 0 bridgehead atoms. The predicted molar refractivity (Wildman–Crippen MR) is 50.4 cm³/mol. The number of phenols is 1. The lowest BCUT2D eigenvalue weighted by Gasteiger charge is -2.09. The van der Waals surface area contributed by atoms with E-state index >= 15 is 0 Å². The molecule has 0 fully saturated rings. The quantitative estimate of drug-likeness (QED) is 0.775. The largest absolute Gasteiger partial charge is 0.502 e. The number of aromatic hydroxyl groups is 1. The molecule has 1 aromatic rings. The summed E-state index contributed by atoms with van der Waals surface area (Å²) in [4.78, 5) is 0. The van der Waals surface area contributed by atoms with Crippen LogP contribution in [-0.2, 0) is 0 Å². The molecule has 0 atom stereocenters. The molecular weight excluding hydrogens is 168 g/mol. The van der Waals surface area contributed by atoms with Gasteiger partial charge in [-0.2, -0.15) is 0 Å². The standard InChI is InChI=1S/C10H14O3/c1-3-12-8-6-5-7-9(10(8)11)13-4-2/h5-7,11H,3-4H2,1-2H3. The van der Waals surface area contributed by atoms with Crippen LogP contribution in [0.5, 0.6) is 17.2 Å². The SMILES string of the molecule is CCOc1cccc(OCC)c1O. The van der Waals surface area contributed by atoms with Gasteiger partial charge in [-0.25, -0.2) is 0 Å². The van der Waals surface area contributed by atoms with Gasteiger partial charge in [-0.05, 0) is 26.0 Å². The number of ether oxygens (including phenoxy) is 2. The highest BCUT2D eigenvalue weighted by Gasteiger charge is 2.07. The fourth-order valence-corrected chi connectivity index (χ4v) is 1.05. The van der Waals surface area contributed by atoms with Gasteiger partial charge in [0.25, 0.3) is 0 Å². The van der Waals surface area contributed by atoms with Crippen LogP contribution in [0.3, 0.4) is 0 Å². The van der Waals surface area contributed by atoms with Crippen LogP contribution in [0.2, 0.25) is 0 Å². The van der Waals surface area contributed by atoms with E-state index in [1.54, 1.807) is 18.2 Å². The fraction of sp³-hybridized carbons (Fsp3) is 0.400. The first-order chi connectivity index (χ1) is 6.29. The number of rotatable bonds is 4. The van der Waals surface area contributed by atoms with E-state index in [1.807, 2.05) is 13.8 Å². The van der Waals surface area contributed by atoms with Crippen molar-refractivity contribution in [3.05, 3.63) is 18.2 Å². The van der Waals surface area contributed by atoms with Crippen LogP contribution >= 0.6 is 0 Å². The third kappa shape index (κ3) is 2.28. The lowest BCUT2D eigenvalue weighted by Crippen LogP contribution is -1.95. The molecule has 0 aliphatic heterocycles. The van der Waals surface area contributed by atoms with Crippen LogP contribution in [0.25, 0.3) is 0 Å². The molecule has 0 saturated heterocycles. The van der Waals surface area contributed by atoms with Crippen LogP contribution in [0.15, 0.2) is 18.2 Å². The molecule has 0 aliphatic carbocycles. The molecule has 3 nitrogen and oxygen atoms in total. The van der Waals surface area contributed by atoms with E-state index in [1.165, 1.54) is 0 Å². The van der Waals surface area contributed by atoms with E-state index in [0.717, 1.165) is 0 Å². The van der Waals surface area contributed by atoms with Gasteiger partial charge < -0.3 is 14.6 Å². The molecule has 1 aromatic carbocycles. The zero-order valence-corrected chi connectivity index (χ0v) is 7.91. The minimum atomic E-state index is 0.0752. The summed E-state index contributed by atoms with van der Waals surface area (Å²) in [5.41, 5.74) is 0. The third-order valence-electron chi connectivity index (χ3n) is 1.56. The molecule has 0 heterocycles. The Morgan fingerprint density at radius 2 is 1.54 bits per heavy atom. The van der Waals surface area contributed by atoms with E-state index in [4.69, 9.17) is 9.47 Å². The number of hydrogen-bond acceptors (Lipinski definition) is 3. The average molecular weight is 182 g/mol. The lowest BCUT2D eigenvalue weighted by molar-refractivity contribution is 0.289. The van der Waals surface area contributed by atoms with Crippen LogP contribution in [0.4, 0.5) is 0 Å². The van der Waals surface area contributed by atoms with Crippen molar-refractivity contribution < 1.29 is 14.6 Å². The molecule has 0 radical (unpaired) electrons. The van der Waals surface area contributed by atoms with Gasteiger partial charge in [0, 0.05) is 0 Å². The first kappa shape index (κ1) is 9.71. The molecule has 0 unspecified atom stereocenters. The number of para-hydroxylation sites is 1. The first-order valence-corrected chi connectivity index (χ1v) is 4.37. The summed E-state index contributed by atoms with van der Waals surface area (Å²) >= 11 is 0. The molecule has 13 heavy (non-hydrogen) atoms. The summed E-state index contributed by atoms with van der Waals surface area (Å²) in [7, 11) is 0. The maximum Gasteiger partial charge on any atom is 0.200 e. The van der Waals surface area contributed by atoms with Gasteiger partial charge in [0.05, 0.1) is 13.2 Å². The van der Waals surface area contributed by atoms with Gasteiger partial charge in [-0.1, -0.05) is 6.07 Å². The highest BCUT2D eigenvalue weighted by molar-refractivity contribution is 5.49. The van der Waals surface area contributed by atoms with Gasteiger partial charge in [0.1, 0.15) is 0 Å². The Bertz CT molecular complexity index is 247. The molecule has 0 spiro atoms. The van der Waals surface area contributed by atoms with Crippen molar-refractivity contribution in [2.75, 3.05) is 13.2 Å². The predicted octanol–water partition coefficient (Wildman–Crippen LogP) is 2.19. The van der Waals surface area contributed by atoms with Crippen LogP contribution in [-0.4, -0.2) is 18.3 Å². The summed E-state index contributed by atoms with van der Waals surface area (Å²) in [5.74, 6) is 1.01. The van der Waals surface area contributed by atoms with Crippen molar-refractivity contribution in [1.82, 2.24) is 0 Å². The van der Waals surface area contributed by atoms with Gasteiger partial charge in [-0.3, -0.25) is 0 Å². The Morgan fingerprint density at radius 1 is 1.08 bits per heavy atom. The molecule has 0 aromatic heterocycles. The monoisotopic (exact) mass is 182 g/mol. The van der Waals surface area contributed by atoms with Crippen LogP contribution < -0.4 is 9.47 Å². The van der Waals surface area contributed by atoms with Crippen LogP contribution in [0, 0.1) is 0 Å². The van der Waals surface area contributed by atoms with E-state index in [-0.39, 0.29) is 5.75 Å².